The number of hydrogen-bond acceptors (Lipinski definition) is 4. The van der Waals surface area contributed by atoms with Crippen molar-refractivity contribution in [2.45, 2.75) is 6.61 Å². The molecule has 6 nitrogen and oxygen atoms in total. The third-order valence-electron chi connectivity index (χ3n) is 3.13. The summed E-state index contributed by atoms with van der Waals surface area (Å²) in [6.07, 6.45) is 0. The Kier molecular flexibility index (Phi) is 5.47. The Labute approximate surface area is 137 Å². The molecule has 0 saturated carbocycles. The highest BCUT2D eigenvalue weighted by molar-refractivity contribution is 5.96. The smallest absolute Gasteiger partial charge is 0.251 e. The highest BCUT2D eigenvalue weighted by atomic mass is 19.1. The van der Waals surface area contributed by atoms with Crippen LogP contribution in [0.2, 0.25) is 0 Å². The summed E-state index contributed by atoms with van der Waals surface area (Å²) in [7, 11) is 0. The number of carbonyl (C=O) groups excluding carboxylic acids is 2. The predicted octanol–water partition coefficient (Wildman–Crippen LogP) is 1.49. The Balaban J connectivity index is 1.98. The number of nitrogens with two attached hydrogens (primary N) is 1. The lowest BCUT2D eigenvalue weighted by molar-refractivity contribution is -0.117. The molecule has 122 valence electrons. The molecule has 0 saturated heterocycles. The van der Waals surface area contributed by atoms with E-state index in [1.165, 1.54) is 24.3 Å². The van der Waals surface area contributed by atoms with Gasteiger partial charge in [-0.1, -0.05) is 6.07 Å². The number of nitrogens with one attached hydrogen (secondary N) is 1. The first-order valence-electron chi connectivity index (χ1n) is 6.97. The molecule has 0 atom stereocenters. The van der Waals surface area contributed by atoms with E-state index in [0.29, 0.717) is 16.9 Å². The van der Waals surface area contributed by atoms with Crippen molar-refractivity contribution in [2.75, 3.05) is 6.54 Å². The lowest BCUT2D eigenvalue weighted by atomic mass is 10.1. The second kappa shape index (κ2) is 7.74. The topological polar surface area (TPSA) is 105 Å². The minimum absolute atomic E-state index is 0.0936. The largest absolute Gasteiger partial charge is 0.489 e. The van der Waals surface area contributed by atoms with E-state index in [1.807, 2.05) is 6.07 Å². The van der Waals surface area contributed by atoms with Gasteiger partial charge in [-0.3, -0.25) is 9.59 Å². The molecule has 0 fully saturated rings. The number of primary amides is 1. The van der Waals surface area contributed by atoms with Crippen LogP contribution in [-0.4, -0.2) is 18.4 Å². The second-order valence-electron chi connectivity index (χ2n) is 4.88. The molecule has 3 N–H and O–H groups in total. The molecule has 2 aromatic carbocycles. The molecule has 0 radical (unpaired) electrons. The van der Waals surface area contributed by atoms with Gasteiger partial charge in [0.15, 0.2) is 0 Å². The van der Waals surface area contributed by atoms with Crippen LogP contribution >= 0.6 is 0 Å². The molecular formula is C17H14FN3O3. The molecule has 2 rings (SSSR count). The summed E-state index contributed by atoms with van der Waals surface area (Å²) in [6.45, 7) is -0.144. The number of nitriles is 1. The third-order valence-corrected chi connectivity index (χ3v) is 3.13. The SMILES string of the molecule is N#Cc1cc(F)ccc1COc1ccc(C(=O)NCC(N)=O)cc1. The Hall–Kier alpha value is -3.40. The predicted molar refractivity (Wildman–Crippen MR) is 83.4 cm³/mol. The van der Waals surface area contributed by atoms with E-state index in [-0.39, 0.29) is 18.7 Å². The zero-order valence-electron chi connectivity index (χ0n) is 12.6. The number of nitrogens with zero attached hydrogens (tertiary/aromatic N) is 1. The summed E-state index contributed by atoms with van der Waals surface area (Å²) < 4.78 is 18.6. The summed E-state index contributed by atoms with van der Waals surface area (Å²) in [6, 6.07) is 12.0. The van der Waals surface area contributed by atoms with Gasteiger partial charge in [0.05, 0.1) is 18.2 Å². The lowest BCUT2D eigenvalue weighted by Crippen LogP contribution is -2.33. The molecule has 0 bridgehead atoms. The van der Waals surface area contributed by atoms with E-state index in [1.54, 1.807) is 12.1 Å². The highest BCUT2D eigenvalue weighted by Crippen LogP contribution is 2.16. The van der Waals surface area contributed by atoms with Crippen LogP contribution in [0.1, 0.15) is 21.5 Å². The van der Waals surface area contributed by atoms with Gasteiger partial charge >= 0.3 is 0 Å². The van der Waals surface area contributed by atoms with Crippen LogP contribution in [0.5, 0.6) is 5.75 Å². The zero-order valence-corrected chi connectivity index (χ0v) is 12.6. The average Bonchev–Trinajstić information content (AvgIpc) is 2.58. The van der Waals surface area contributed by atoms with Crippen LogP contribution < -0.4 is 15.8 Å². The highest BCUT2D eigenvalue weighted by Gasteiger charge is 2.08. The maximum absolute atomic E-state index is 13.1. The normalized spacial score (nSPS) is 9.83. The number of carbonyl (C=O) groups is 2. The number of ether oxygens (including phenoxy) is 1. The number of hydrogen-bond donors (Lipinski definition) is 2. The van der Waals surface area contributed by atoms with Crippen LogP contribution in [0.3, 0.4) is 0 Å². The average molecular weight is 327 g/mol. The maximum Gasteiger partial charge on any atom is 0.251 e. The number of benzene rings is 2. The van der Waals surface area contributed by atoms with Crippen LogP contribution in [0.4, 0.5) is 4.39 Å². The van der Waals surface area contributed by atoms with Gasteiger partial charge in [-0.2, -0.15) is 5.26 Å². The minimum atomic E-state index is -0.629. The second-order valence-corrected chi connectivity index (χ2v) is 4.88. The zero-order chi connectivity index (χ0) is 17.5. The number of halogens is 1. The van der Waals surface area contributed by atoms with Gasteiger partial charge in [-0.25, -0.2) is 4.39 Å². The van der Waals surface area contributed by atoms with Gasteiger partial charge < -0.3 is 15.8 Å². The maximum atomic E-state index is 13.1. The van der Waals surface area contributed by atoms with E-state index in [9.17, 15) is 14.0 Å². The van der Waals surface area contributed by atoms with Crippen LogP contribution in [0.15, 0.2) is 42.5 Å². The van der Waals surface area contributed by atoms with Crippen molar-refractivity contribution in [3.05, 3.63) is 65.0 Å². The molecule has 24 heavy (non-hydrogen) atoms. The standard InChI is InChI=1S/C17H14FN3O3/c18-14-4-1-12(13(7-14)8-19)10-24-15-5-2-11(3-6-15)17(23)21-9-16(20)22/h1-7H,9-10H2,(H2,20,22)(H,21,23). The molecule has 0 heterocycles. The van der Waals surface area contributed by atoms with Crippen molar-refractivity contribution in [1.82, 2.24) is 5.32 Å². The number of amides is 2. The molecule has 2 amide bonds. The molecule has 0 aliphatic heterocycles. The quantitative estimate of drug-likeness (QED) is 0.838. The Morgan fingerprint density at radius 1 is 1.21 bits per heavy atom. The first-order chi connectivity index (χ1) is 11.5. The van der Waals surface area contributed by atoms with E-state index < -0.39 is 17.6 Å². The summed E-state index contributed by atoms with van der Waals surface area (Å²) in [4.78, 5) is 22.3. The van der Waals surface area contributed by atoms with Crippen molar-refractivity contribution >= 4 is 11.8 Å². The van der Waals surface area contributed by atoms with Crippen LogP contribution in [0, 0.1) is 17.1 Å². The van der Waals surface area contributed by atoms with Crippen molar-refractivity contribution < 1.29 is 18.7 Å². The van der Waals surface area contributed by atoms with Gasteiger partial charge in [-0.05, 0) is 36.4 Å². The molecule has 0 aromatic heterocycles. The summed E-state index contributed by atoms with van der Waals surface area (Å²) >= 11 is 0. The summed E-state index contributed by atoms with van der Waals surface area (Å²) in [5, 5.41) is 11.3. The van der Waals surface area contributed by atoms with E-state index in [0.717, 1.165) is 6.07 Å². The third kappa shape index (κ3) is 4.55. The Bertz CT molecular complexity index is 798. The number of rotatable bonds is 6. The van der Waals surface area contributed by atoms with Gasteiger partial charge in [0, 0.05) is 11.1 Å². The van der Waals surface area contributed by atoms with Gasteiger partial charge in [0.1, 0.15) is 18.2 Å². The first kappa shape index (κ1) is 17.0. The monoisotopic (exact) mass is 327 g/mol. The van der Waals surface area contributed by atoms with E-state index in [4.69, 9.17) is 15.7 Å². The van der Waals surface area contributed by atoms with Gasteiger partial charge in [0.2, 0.25) is 5.91 Å². The first-order valence-corrected chi connectivity index (χ1v) is 6.97. The van der Waals surface area contributed by atoms with Crippen molar-refractivity contribution in [1.29, 1.82) is 5.26 Å². The van der Waals surface area contributed by atoms with Gasteiger partial charge in [0.25, 0.3) is 5.91 Å². The van der Waals surface area contributed by atoms with Crippen molar-refractivity contribution in [3.63, 3.8) is 0 Å². The lowest BCUT2D eigenvalue weighted by Gasteiger charge is -2.09. The molecule has 0 aliphatic carbocycles. The van der Waals surface area contributed by atoms with Crippen molar-refractivity contribution in [3.8, 4) is 11.8 Å². The molecule has 7 heteroatoms. The molecule has 0 spiro atoms. The molecule has 0 aliphatic rings. The van der Waals surface area contributed by atoms with E-state index >= 15 is 0 Å². The summed E-state index contributed by atoms with van der Waals surface area (Å²) in [5.41, 5.74) is 6.06. The fraction of sp³-hybridized carbons (Fsp3) is 0.118. The molecule has 2 aromatic rings. The Morgan fingerprint density at radius 2 is 1.92 bits per heavy atom. The Morgan fingerprint density at radius 3 is 2.54 bits per heavy atom. The van der Waals surface area contributed by atoms with Gasteiger partial charge in [-0.15, -0.1) is 0 Å². The fourth-order valence-corrected chi connectivity index (χ4v) is 1.91. The summed E-state index contributed by atoms with van der Waals surface area (Å²) in [5.74, 6) is -1.06. The minimum Gasteiger partial charge on any atom is -0.489 e. The fourth-order valence-electron chi connectivity index (χ4n) is 1.91. The van der Waals surface area contributed by atoms with E-state index in [2.05, 4.69) is 5.32 Å². The molecular weight excluding hydrogens is 313 g/mol. The van der Waals surface area contributed by atoms with Crippen LogP contribution in [0.25, 0.3) is 0 Å². The van der Waals surface area contributed by atoms with Crippen LogP contribution in [-0.2, 0) is 11.4 Å². The molecule has 0 unspecified atom stereocenters. The van der Waals surface area contributed by atoms with Crippen molar-refractivity contribution in [2.24, 2.45) is 5.73 Å².